The molecule has 0 bridgehead atoms. The van der Waals surface area contributed by atoms with E-state index in [1.165, 1.54) is 11.1 Å². The van der Waals surface area contributed by atoms with Crippen molar-refractivity contribution in [1.82, 2.24) is 0 Å². The van der Waals surface area contributed by atoms with Crippen LogP contribution in [0.25, 0.3) is 0 Å². The van der Waals surface area contributed by atoms with Gasteiger partial charge in [-0.2, -0.15) is 0 Å². The number of aliphatic imine (C=N–C) groups is 1. The fourth-order valence-corrected chi connectivity index (χ4v) is 1.11. The first-order valence-electron chi connectivity index (χ1n) is 4.97. The van der Waals surface area contributed by atoms with E-state index in [1.807, 2.05) is 32.1 Å². The van der Waals surface area contributed by atoms with Crippen molar-refractivity contribution < 1.29 is 0 Å². The zero-order chi connectivity index (χ0) is 11.0. The van der Waals surface area contributed by atoms with Crippen molar-refractivity contribution in [1.29, 1.82) is 0 Å². The van der Waals surface area contributed by atoms with Crippen LogP contribution in [0.3, 0.4) is 0 Å². The summed E-state index contributed by atoms with van der Waals surface area (Å²) in [6.45, 7) is 11.7. The molecule has 0 N–H and O–H groups in total. The van der Waals surface area contributed by atoms with Crippen LogP contribution in [0.2, 0.25) is 0 Å². The molecule has 0 spiro atoms. The summed E-state index contributed by atoms with van der Waals surface area (Å²) in [5.74, 6) is 0. The lowest BCUT2D eigenvalue weighted by molar-refractivity contribution is 1.35. The van der Waals surface area contributed by atoms with Crippen LogP contribution in [-0.2, 0) is 0 Å². The second-order valence-corrected chi connectivity index (χ2v) is 2.83. The molecule has 1 rings (SSSR count). The second kappa shape index (κ2) is 7.07. The Balaban J connectivity index is 0.000000791. The van der Waals surface area contributed by atoms with E-state index < -0.39 is 0 Å². The average Bonchev–Trinajstić information content (AvgIpc) is 2.22. The van der Waals surface area contributed by atoms with E-state index in [1.54, 1.807) is 6.20 Å². The highest BCUT2D eigenvalue weighted by Gasteiger charge is 2.03. The smallest absolute Gasteiger partial charge is 0.0701 e. The number of hydrogen-bond acceptors (Lipinski definition) is 1. The molecule has 0 saturated carbocycles. The van der Waals surface area contributed by atoms with E-state index in [0.29, 0.717) is 0 Å². The first-order valence-corrected chi connectivity index (χ1v) is 4.97. The van der Waals surface area contributed by atoms with Gasteiger partial charge in [-0.1, -0.05) is 44.2 Å². The quantitative estimate of drug-likeness (QED) is 0.590. The van der Waals surface area contributed by atoms with Gasteiger partial charge in [0.15, 0.2) is 0 Å². The lowest BCUT2D eigenvalue weighted by Gasteiger charge is -2.07. The van der Waals surface area contributed by atoms with Crippen LogP contribution in [0.15, 0.2) is 53.2 Å². The van der Waals surface area contributed by atoms with Crippen molar-refractivity contribution >= 4 is 5.71 Å². The highest BCUT2D eigenvalue weighted by Crippen LogP contribution is 2.13. The van der Waals surface area contributed by atoms with E-state index in [4.69, 9.17) is 0 Å². The summed E-state index contributed by atoms with van der Waals surface area (Å²) in [7, 11) is 0. The topological polar surface area (TPSA) is 12.4 Å². The molecule has 76 valence electrons. The third-order valence-corrected chi connectivity index (χ3v) is 1.67. The van der Waals surface area contributed by atoms with Gasteiger partial charge in [-0.05, 0) is 25.5 Å². The van der Waals surface area contributed by atoms with Gasteiger partial charge in [-0.25, -0.2) is 0 Å². The van der Waals surface area contributed by atoms with E-state index in [0.717, 1.165) is 5.71 Å². The number of nitrogens with zero attached hydrogens (tertiary/aromatic N) is 1. The molecule has 0 amide bonds. The fourth-order valence-electron chi connectivity index (χ4n) is 1.11. The van der Waals surface area contributed by atoms with Crippen molar-refractivity contribution in [2.24, 2.45) is 4.99 Å². The zero-order valence-electron chi connectivity index (χ0n) is 9.54. The zero-order valence-corrected chi connectivity index (χ0v) is 9.54. The lowest BCUT2D eigenvalue weighted by atomic mass is 10.0. The van der Waals surface area contributed by atoms with Crippen LogP contribution in [0.5, 0.6) is 0 Å². The summed E-state index contributed by atoms with van der Waals surface area (Å²) >= 11 is 0. The first kappa shape index (κ1) is 12.6. The Hall–Kier alpha value is -1.37. The lowest BCUT2D eigenvalue weighted by Crippen LogP contribution is -2.00. The molecule has 0 heterocycles. The molecule has 0 aromatic carbocycles. The van der Waals surface area contributed by atoms with Gasteiger partial charge in [0, 0.05) is 6.20 Å². The molecule has 0 unspecified atom stereocenters. The molecule has 0 aliphatic heterocycles. The first-order chi connectivity index (χ1) is 6.75. The summed E-state index contributed by atoms with van der Waals surface area (Å²) in [4.78, 5) is 4.17. The fraction of sp³-hybridized carbons (Fsp3) is 0.308. The molecule has 1 aliphatic carbocycles. The van der Waals surface area contributed by atoms with Gasteiger partial charge in [-0.3, -0.25) is 4.99 Å². The molecular formula is C13H19N. The molecule has 1 nitrogen and oxygen atoms in total. The number of allylic oxidation sites excluding steroid dienone is 6. The van der Waals surface area contributed by atoms with Gasteiger partial charge in [0.25, 0.3) is 0 Å². The SMILES string of the molecule is C=CN=C1C=CC=CC1=C(C)C.CC. The number of rotatable bonds is 1. The summed E-state index contributed by atoms with van der Waals surface area (Å²) < 4.78 is 0. The van der Waals surface area contributed by atoms with E-state index in [-0.39, 0.29) is 0 Å². The van der Waals surface area contributed by atoms with Crippen molar-refractivity contribution in [3.8, 4) is 0 Å². The standard InChI is InChI=1S/C11H13N.C2H6/c1-4-12-11-8-6-5-7-10(11)9(2)3;1-2/h4-8H,1H2,2-3H3;1-2H3. The van der Waals surface area contributed by atoms with Crippen LogP contribution in [0.1, 0.15) is 27.7 Å². The molecule has 0 atom stereocenters. The average molecular weight is 189 g/mol. The molecule has 0 radical (unpaired) electrons. The van der Waals surface area contributed by atoms with Gasteiger partial charge in [0.05, 0.1) is 5.71 Å². The highest BCUT2D eigenvalue weighted by atomic mass is 14.7. The Kier molecular flexibility index (Phi) is 6.38. The molecule has 1 heteroatoms. The minimum Gasteiger partial charge on any atom is -0.257 e. The van der Waals surface area contributed by atoms with E-state index >= 15 is 0 Å². The summed E-state index contributed by atoms with van der Waals surface area (Å²) in [6.07, 6.45) is 9.63. The summed E-state index contributed by atoms with van der Waals surface area (Å²) in [5, 5.41) is 0. The van der Waals surface area contributed by atoms with Gasteiger partial charge < -0.3 is 0 Å². The van der Waals surface area contributed by atoms with Crippen LogP contribution < -0.4 is 0 Å². The Bertz CT molecular complexity index is 297. The summed E-state index contributed by atoms with van der Waals surface area (Å²) in [5.41, 5.74) is 3.46. The minimum atomic E-state index is 0.993. The molecule has 14 heavy (non-hydrogen) atoms. The van der Waals surface area contributed by atoms with Crippen molar-refractivity contribution in [3.05, 3.63) is 48.2 Å². The third kappa shape index (κ3) is 3.56. The van der Waals surface area contributed by atoms with Gasteiger partial charge in [0.2, 0.25) is 0 Å². The molecule has 0 aromatic rings. The van der Waals surface area contributed by atoms with Crippen LogP contribution in [0.4, 0.5) is 0 Å². The minimum absolute atomic E-state index is 0.993. The van der Waals surface area contributed by atoms with Crippen LogP contribution in [0, 0.1) is 0 Å². The normalized spacial score (nSPS) is 16.3. The maximum absolute atomic E-state index is 4.17. The monoisotopic (exact) mass is 189 g/mol. The van der Waals surface area contributed by atoms with Gasteiger partial charge >= 0.3 is 0 Å². The van der Waals surface area contributed by atoms with E-state index in [2.05, 4.69) is 31.5 Å². The Labute approximate surface area is 87.3 Å². The van der Waals surface area contributed by atoms with Crippen molar-refractivity contribution in [3.63, 3.8) is 0 Å². The highest BCUT2D eigenvalue weighted by molar-refractivity contribution is 6.12. The Morgan fingerprint density at radius 2 is 1.79 bits per heavy atom. The van der Waals surface area contributed by atoms with Crippen LogP contribution in [-0.4, -0.2) is 5.71 Å². The van der Waals surface area contributed by atoms with Gasteiger partial charge in [-0.15, -0.1) is 0 Å². The largest absolute Gasteiger partial charge is 0.257 e. The maximum Gasteiger partial charge on any atom is 0.0701 e. The predicted molar refractivity (Wildman–Crippen MR) is 65.6 cm³/mol. The van der Waals surface area contributed by atoms with Crippen molar-refractivity contribution in [2.45, 2.75) is 27.7 Å². The molecule has 0 fully saturated rings. The van der Waals surface area contributed by atoms with Gasteiger partial charge in [0.1, 0.15) is 0 Å². The second-order valence-electron chi connectivity index (χ2n) is 2.83. The number of hydrogen-bond donors (Lipinski definition) is 0. The van der Waals surface area contributed by atoms with Crippen molar-refractivity contribution in [2.75, 3.05) is 0 Å². The predicted octanol–water partition coefficient (Wildman–Crippen LogP) is 4.06. The van der Waals surface area contributed by atoms with Crippen LogP contribution >= 0.6 is 0 Å². The Morgan fingerprint density at radius 3 is 2.29 bits per heavy atom. The molecule has 1 aliphatic rings. The Morgan fingerprint density at radius 1 is 1.21 bits per heavy atom. The maximum atomic E-state index is 4.17. The molecule has 0 aromatic heterocycles. The third-order valence-electron chi connectivity index (χ3n) is 1.67. The summed E-state index contributed by atoms with van der Waals surface area (Å²) in [6, 6.07) is 0. The molecular weight excluding hydrogens is 170 g/mol. The molecule has 0 saturated heterocycles. The van der Waals surface area contributed by atoms with E-state index in [9.17, 15) is 0 Å².